The first-order valence-electron chi connectivity index (χ1n) is 7.01. The van der Waals surface area contributed by atoms with E-state index in [1.165, 1.54) is 7.11 Å². The van der Waals surface area contributed by atoms with Gasteiger partial charge in [-0.05, 0) is 38.0 Å². The van der Waals surface area contributed by atoms with Gasteiger partial charge in [-0.3, -0.25) is 9.10 Å². The van der Waals surface area contributed by atoms with Gasteiger partial charge in [0.15, 0.2) is 0 Å². The molecule has 1 aromatic carbocycles. The lowest BCUT2D eigenvalue weighted by Gasteiger charge is -2.29. The Morgan fingerprint density at radius 1 is 1.36 bits per heavy atom. The zero-order valence-corrected chi connectivity index (χ0v) is 14.5. The van der Waals surface area contributed by atoms with Gasteiger partial charge in [0.1, 0.15) is 6.04 Å². The molecular formula is C15H24N2O4S. The molecule has 6 nitrogen and oxygen atoms in total. The van der Waals surface area contributed by atoms with E-state index in [0.717, 1.165) is 21.7 Å². The largest absolute Gasteiger partial charge is 0.383 e. The van der Waals surface area contributed by atoms with Crippen molar-refractivity contribution >= 4 is 21.6 Å². The predicted molar refractivity (Wildman–Crippen MR) is 87.6 cm³/mol. The number of anilines is 1. The van der Waals surface area contributed by atoms with Crippen molar-refractivity contribution < 1.29 is 17.9 Å². The van der Waals surface area contributed by atoms with E-state index in [0.29, 0.717) is 18.8 Å². The van der Waals surface area contributed by atoms with Crippen LogP contribution in [0.4, 0.5) is 5.69 Å². The fraction of sp³-hybridized carbons (Fsp3) is 0.533. The van der Waals surface area contributed by atoms with Gasteiger partial charge in [0, 0.05) is 13.7 Å². The van der Waals surface area contributed by atoms with Crippen LogP contribution < -0.4 is 9.62 Å². The number of hydrogen-bond acceptors (Lipinski definition) is 4. The van der Waals surface area contributed by atoms with Crippen molar-refractivity contribution in [3.8, 4) is 0 Å². The van der Waals surface area contributed by atoms with Gasteiger partial charge < -0.3 is 10.1 Å². The van der Waals surface area contributed by atoms with E-state index in [9.17, 15) is 13.2 Å². The van der Waals surface area contributed by atoms with Gasteiger partial charge in [0.2, 0.25) is 15.9 Å². The number of nitrogens with one attached hydrogen (secondary N) is 1. The number of methoxy groups -OCH3 is 1. The van der Waals surface area contributed by atoms with E-state index >= 15 is 0 Å². The van der Waals surface area contributed by atoms with Gasteiger partial charge >= 0.3 is 0 Å². The fourth-order valence-corrected chi connectivity index (χ4v) is 3.39. The minimum atomic E-state index is -3.59. The molecule has 22 heavy (non-hydrogen) atoms. The van der Waals surface area contributed by atoms with E-state index < -0.39 is 16.1 Å². The molecule has 1 amide bonds. The third kappa shape index (κ3) is 4.71. The molecule has 124 valence electrons. The first kappa shape index (κ1) is 18.4. The zero-order valence-electron chi connectivity index (χ0n) is 13.7. The molecule has 0 aliphatic carbocycles. The highest BCUT2D eigenvalue weighted by atomic mass is 32.2. The van der Waals surface area contributed by atoms with E-state index in [4.69, 9.17) is 4.74 Å². The van der Waals surface area contributed by atoms with Crippen LogP contribution in [0.15, 0.2) is 18.2 Å². The number of amides is 1. The number of carbonyl (C=O) groups excluding carboxylic acids is 1. The Balaban J connectivity index is 3.14. The normalized spacial score (nSPS) is 12.8. The summed E-state index contributed by atoms with van der Waals surface area (Å²) in [4.78, 5) is 12.2. The first-order chi connectivity index (χ1) is 10.2. The van der Waals surface area contributed by atoms with Gasteiger partial charge in [-0.2, -0.15) is 0 Å². The second-order valence-electron chi connectivity index (χ2n) is 5.31. The van der Waals surface area contributed by atoms with Crippen LogP contribution in [-0.2, 0) is 19.6 Å². The van der Waals surface area contributed by atoms with Crippen molar-refractivity contribution in [1.29, 1.82) is 0 Å². The Kier molecular flexibility index (Phi) is 6.37. The van der Waals surface area contributed by atoms with Gasteiger partial charge in [0.05, 0.1) is 18.6 Å². The summed E-state index contributed by atoms with van der Waals surface area (Å²) in [5.41, 5.74) is 2.26. The highest BCUT2D eigenvalue weighted by Crippen LogP contribution is 2.26. The minimum Gasteiger partial charge on any atom is -0.383 e. The van der Waals surface area contributed by atoms with Crippen LogP contribution in [-0.4, -0.2) is 46.9 Å². The Hall–Kier alpha value is -1.60. The van der Waals surface area contributed by atoms with Crippen LogP contribution >= 0.6 is 0 Å². The number of carbonyl (C=O) groups is 1. The maximum atomic E-state index is 12.2. The van der Waals surface area contributed by atoms with Gasteiger partial charge in [-0.15, -0.1) is 0 Å². The molecule has 0 aromatic heterocycles. The molecule has 0 bridgehead atoms. The zero-order chi connectivity index (χ0) is 16.9. The molecule has 0 unspecified atom stereocenters. The number of rotatable bonds is 7. The molecule has 1 rings (SSSR count). The molecule has 0 aliphatic heterocycles. The summed E-state index contributed by atoms with van der Waals surface area (Å²) in [6, 6.07) is 4.68. The molecule has 0 heterocycles. The summed E-state index contributed by atoms with van der Waals surface area (Å²) in [7, 11) is -2.05. The highest BCUT2D eigenvalue weighted by molar-refractivity contribution is 7.92. The standard InChI is InChI=1S/C15H24N2O4S/c1-11-6-7-12(2)14(10-11)17(22(5,19)20)13(3)15(18)16-8-9-21-4/h6-7,10,13H,8-9H2,1-5H3,(H,16,18)/t13-/m0/s1. The molecule has 1 aromatic rings. The Labute approximate surface area is 132 Å². The number of benzene rings is 1. The average Bonchev–Trinajstić information content (AvgIpc) is 2.41. The molecule has 1 atom stereocenters. The quantitative estimate of drug-likeness (QED) is 0.764. The van der Waals surface area contributed by atoms with Crippen LogP contribution in [0, 0.1) is 13.8 Å². The Morgan fingerprint density at radius 3 is 2.55 bits per heavy atom. The van der Waals surface area contributed by atoms with Crippen molar-refractivity contribution in [3.05, 3.63) is 29.3 Å². The lowest BCUT2D eigenvalue weighted by Crippen LogP contribution is -2.48. The lowest BCUT2D eigenvalue weighted by atomic mass is 10.1. The predicted octanol–water partition coefficient (Wildman–Crippen LogP) is 1.22. The summed E-state index contributed by atoms with van der Waals surface area (Å²) in [5, 5.41) is 2.67. The van der Waals surface area contributed by atoms with E-state index in [1.807, 2.05) is 26.0 Å². The van der Waals surface area contributed by atoms with Crippen LogP contribution in [0.3, 0.4) is 0 Å². The summed E-state index contributed by atoms with van der Waals surface area (Å²) >= 11 is 0. The summed E-state index contributed by atoms with van der Waals surface area (Å²) in [6.45, 7) is 5.99. The fourth-order valence-electron chi connectivity index (χ4n) is 2.16. The molecular weight excluding hydrogens is 304 g/mol. The maximum Gasteiger partial charge on any atom is 0.243 e. The SMILES string of the molecule is COCCNC(=O)[C@H](C)N(c1cc(C)ccc1C)S(C)(=O)=O. The second-order valence-corrected chi connectivity index (χ2v) is 7.17. The smallest absolute Gasteiger partial charge is 0.243 e. The number of nitrogens with zero attached hydrogens (tertiary/aromatic N) is 1. The summed E-state index contributed by atoms with van der Waals surface area (Å²) in [6.07, 6.45) is 1.10. The minimum absolute atomic E-state index is 0.337. The number of sulfonamides is 1. The first-order valence-corrected chi connectivity index (χ1v) is 8.86. The lowest BCUT2D eigenvalue weighted by molar-refractivity contribution is -0.122. The van der Waals surface area contributed by atoms with Crippen LogP contribution in [0.25, 0.3) is 0 Å². The van der Waals surface area contributed by atoms with Crippen molar-refractivity contribution in [2.24, 2.45) is 0 Å². The molecule has 1 N–H and O–H groups in total. The maximum absolute atomic E-state index is 12.2. The molecule has 0 saturated carbocycles. The molecule has 0 radical (unpaired) electrons. The van der Waals surface area contributed by atoms with Crippen molar-refractivity contribution in [3.63, 3.8) is 0 Å². The molecule has 0 aliphatic rings. The van der Waals surface area contributed by atoms with Gasteiger partial charge in [-0.25, -0.2) is 8.42 Å². The molecule has 7 heteroatoms. The molecule has 0 spiro atoms. The number of hydrogen-bond donors (Lipinski definition) is 1. The molecule has 0 fully saturated rings. The highest BCUT2D eigenvalue weighted by Gasteiger charge is 2.29. The van der Waals surface area contributed by atoms with Crippen LogP contribution in [0.5, 0.6) is 0 Å². The Morgan fingerprint density at radius 2 is 2.00 bits per heavy atom. The van der Waals surface area contributed by atoms with Crippen LogP contribution in [0.1, 0.15) is 18.1 Å². The Bertz CT molecular complexity index is 628. The number of aryl methyl sites for hydroxylation is 2. The second kappa shape index (κ2) is 7.60. The third-order valence-corrected chi connectivity index (χ3v) is 4.52. The van der Waals surface area contributed by atoms with Crippen molar-refractivity contribution in [2.45, 2.75) is 26.8 Å². The van der Waals surface area contributed by atoms with Crippen LogP contribution in [0.2, 0.25) is 0 Å². The monoisotopic (exact) mass is 328 g/mol. The van der Waals surface area contributed by atoms with Gasteiger partial charge in [0.25, 0.3) is 0 Å². The van der Waals surface area contributed by atoms with Gasteiger partial charge in [-0.1, -0.05) is 12.1 Å². The topological polar surface area (TPSA) is 75.7 Å². The van der Waals surface area contributed by atoms with Crippen molar-refractivity contribution in [2.75, 3.05) is 30.8 Å². The van der Waals surface area contributed by atoms with E-state index in [2.05, 4.69) is 5.32 Å². The van der Waals surface area contributed by atoms with E-state index in [1.54, 1.807) is 13.0 Å². The van der Waals surface area contributed by atoms with E-state index in [-0.39, 0.29) is 5.91 Å². The number of ether oxygens (including phenoxy) is 1. The van der Waals surface area contributed by atoms with Crippen molar-refractivity contribution in [1.82, 2.24) is 5.32 Å². The third-order valence-electron chi connectivity index (χ3n) is 3.30. The average molecular weight is 328 g/mol. The summed E-state index contributed by atoms with van der Waals surface area (Å²) in [5.74, 6) is -0.358. The molecule has 0 saturated heterocycles. The summed E-state index contributed by atoms with van der Waals surface area (Å²) < 4.78 is 30.4.